The summed E-state index contributed by atoms with van der Waals surface area (Å²) < 4.78 is 5.70. The van der Waals surface area contributed by atoms with E-state index in [0.717, 1.165) is 26.2 Å². The third-order valence-corrected chi connectivity index (χ3v) is 4.49. The molecule has 0 bridgehead atoms. The molecule has 1 heterocycles. The van der Waals surface area contributed by atoms with Crippen LogP contribution in [0.4, 0.5) is 0 Å². The maximum Gasteiger partial charge on any atom is 0.0509 e. The second-order valence-corrected chi connectivity index (χ2v) is 6.11. The summed E-state index contributed by atoms with van der Waals surface area (Å²) in [6.45, 7) is 9.67. The van der Waals surface area contributed by atoms with E-state index < -0.39 is 0 Å². The molecule has 0 spiro atoms. The Morgan fingerprint density at radius 3 is 2.65 bits per heavy atom. The van der Waals surface area contributed by atoms with Gasteiger partial charge in [0.25, 0.3) is 0 Å². The number of aryl methyl sites for hydroxylation is 2. The summed E-state index contributed by atoms with van der Waals surface area (Å²) in [6.07, 6.45) is 4.83. The molecule has 0 aromatic heterocycles. The smallest absolute Gasteiger partial charge is 0.0509 e. The summed E-state index contributed by atoms with van der Waals surface area (Å²) >= 11 is 0. The third kappa shape index (κ3) is 4.07. The summed E-state index contributed by atoms with van der Waals surface area (Å²) in [6, 6.07) is 7.18. The number of benzene rings is 1. The van der Waals surface area contributed by atoms with Crippen molar-refractivity contribution in [3.63, 3.8) is 0 Å². The second-order valence-electron chi connectivity index (χ2n) is 6.11. The van der Waals surface area contributed by atoms with Crippen molar-refractivity contribution in [3.8, 4) is 0 Å². The highest BCUT2D eigenvalue weighted by molar-refractivity contribution is 5.34. The number of nitrogens with one attached hydrogen (secondary N) is 1. The molecule has 1 aliphatic heterocycles. The Balaban J connectivity index is 2.09. The highest BCUT2D eigenvalue weighted by Gasteiger charge is 2.24. The topological polar surface area (TPSA) is 21.3 Å². The van der Waals surface area contributed by atoms with Crippen LogP contribution in [0.2, 0.25) is 0 Å². The predicted molar refractivity (Wildman–Crippen MR) is 85.2 cm³/mol. The Labute approximate surface area is 123 Å². The summed E-state index contributed by atoms with van der Waals surface area (Å²) in [5.74, 6) is 0.661. The lowest BCUT2D eigenvalue weighted by molar-refractivity contribution is 0.0393. The molecule has 0 amide bonds. The largest absolute Gasteiger partial charge is 0.381 e. The minimum atomic E-state index is 0.551. The van der Waals surface area contributed by atoms with Crippen LogP contribution in [-0.4, -0.2) is 25.8 Å². The minimum Gasteiger partial charge on any atom is -0.381 e. The summed E-state index contributed by atoms with van der Waals surface area (Å²) in [5, 5.41) is 3.76. The molecule has 0 aliphatic carbocycles. The zero-order valence-corrected chi connectivity index (χ0v) is 13.2. The van der Waals surface area contributed by atoms with E-state index in [-0.39, 0.29) is 0 Å². The summed E-state index contributed by atoms with van der Waals surface area (Å²) in [5.41, 5.74) is 4.36. The average Bonchev–Trinajstić information content (AvgIpc) is 2.47. The minimum absolute atomic E-state index is 0.551. The van der Waals surface area contributed by atoms with E-state index in [9.17, 15) is 0 Å². The zero-order chi connectivity index (χ0) is 14.4. The van der Waals surface area contributed by atoms with Gasteiger partial charge in [-0.3, -0.25) is 0 Å². The molecule has 2 unspecified atom stereocenters. The van der Waals surface area contributed by atoms with E-state index in [0.29, 0.717) is 12.0 Å². The van der Waals surface area contributed by atoms with Gasteiger partial charge < -0.3 is 10.1 Å². The standard InChI is InChI=1S/C18H29NO/c1-4-10-19-18(16-9-6-11-20-13-16)12-17-14(2)7-5-8-15(17)3/h5,7-8,16,18-19H,4,6,9-13H2,1-3H3. The first-order valence-electron chi connectivity index (χ1n) is 8.08. The van der Waals surface area contributed by atoms with E-state index in [1.807, 2.05) is 0 Å². The first-order chi connectivity index (χ1) is 9.72. The molecule has 1 aromatic carbocycles. The van der Waals surface area contributed by atoms with E-state index >= 15 is 0 Å². The molecule has 0 saturated carbocycles. The Bertz CT molecular complexity index is 390. The van der Waals surface area contributed by atoms with Gasteiger partial charge in [0, 0.05) is 12.6 Å². The van der Waals surface area contributed by atoms with Crippen LogP contribution in [0.3, 0.4) is 0 Å². The van der Waals surface area contributed by atoms with Crippen LogP contribution in [0.25, 0.3) is 0 Å². The molecule has 1 fully saturated rings. The van der Waals surface area contributed by atoms with Gasteiger partial charge in [0.15, 0.2) is 0 Å². The lowest BCUT2D eigenvalue weighted by atomic mass is 9.86. The highest BCUT2D eigenvalue weighted by Crippen LogP contribution is 2.23. The van der Waals surface area contributed by atoms with Gasteiger partial charge in [-0.05, 0) is 68.7 Å². The number of hydrogen-bond donors (Lipinski definition) is 1. The molecule has 2 atom stereocenters. The average molecular weight is 275 g/mol. The van der Waals surface area contributed by atoms with Crippen LogP contribution >= 0.6 is 0 Å². The fourth-order valence-corrected chi connectivity index (χ4v) is 3.21. The molecule has 2 heteroatoms. The lowest BCUT2D eigenvalue weighted by Gasteiger charge is -2.32. The van der Waals surface area contributed by atoms with Gasteiger partial charge in [-0.15, -0.1) is 0 Å². The van der Waals surface area contributed by atoms with E-state index in [4.69, 9.17) is 4.74 Å². The third-order valence-electron chi connectivity index (χ3n) is 4.49. The molecular weight excluding hydrogens is 246 g/mol. The van der Waals surface area contributed by atoms with Crippen LogP contribution in [0, 0.1) is 19.8 Å². The van der Waals surface area contributed by atoms with Crippen LogP contribution in [0.15, 0.2) is 18.2 Å². The Kier molecular flexibility index (Phi) is 6.06. The summed E-state index contributed by atoms with van der Waals surface area (Å²) in [7, 11) is 0. The summed E-state index contributed by atoms with van der Waals surface area (Å²) in [4.78, 5) is 0. The fourth-order valence-electron chi connectivity index (χ4n) is 3.21. The number of rotatable bonds is 6. The van der Waals surface area contributed by atoms with Crippen LogP contribution in [0.1, 0.15) is 42.9 Å². The Morgan fingerprint density at radius 2 is 2.05 bits per heavy atom. The molecule has 20 heavy (non-hydrogen) atoms. The highest BCUT2D eigenvalue weighted by atomic mass is 16.5. The van der Waals surface area contributed by atoms with E-state index in [2.05, 4.69) is 44.3 Å². The second kappa shape index (κ2) is 7.80. The van der Waals surface area contributed by atoms with Crippen molar-refractivity contribution >= 4 is 0 Å². The van der Waals surface area contributed by atoms with Gasteiger partial charge in [0.1, 0.15) is 0 Å². The van der Waals surface area contributed by atoms with Crippen LogP contribution in [-0.2, 0) is 11.2 Å². The van der Waals surface area contributed by atoms with Crippen molar-refractivity contribution < 1.29 is 4.74 Å². The number of ether oxygens (including phenoxy) is 1. The van der Waals surface area contributed by atoms with Crippen molar-refractivity contribution in [1.82, 2.24) is 5.32 Å². The van der Waals surface area contributed by atoms with Gasteiger partial charge in [0.2, 0.25) is 0 Å². The van der Waals surface area contributed by atoms with Gasteiger partial charge in [-0.2, -0.15) is 0 Å². The Morgan fingerprint density at radius 1 is 1.30 bits per heavy atom. The van der Waals surface area contributed by atoms with Gasteiger partial charge in [-0.25, -0.2) is 0 Å². The van der Waals surface area contributed by atoms with Crippen molar-refractivity contribution in [3.05, 3.63) is 34.9 Å². The monoisotopic (exact) mass is 275 g/mol. The van der Waals surface area contributed by atoms with Crippen molar-refractivity contribution in [1.29, 1.82) is 0 Å². The normalized spacial score (nSPS) is 20.9. The van der Waals surface area contributed by atoms with Gasteiger partial charge in [-0.1, -0.05) is 25.1 Å². The van der Waals surface area contributed by atoms with E-state index in [1.54, 1.807) is 0 Å². The first-order valence-corrected chi connectivity index (χ1v) is 8.08. The zero-order valence-electron chi connectivity index (χ0n) is 13.2. The van der Waals surface area contributed by atoms with Gasteiger partial charge in [0.05, 0.1) is 6.61 Å². The fraction of sp³-hybridized carbons (Fsp3) is 0.667. The molecule has 0 radical (unpaired) electrons. The molecule has 1 N–H and O–H groups in total. The number of hydrogen-bond acceptors (Lipinski definition) is 2. The Hall–Kier alpha value is -0.860. The quantitative estimate of drug-likeness (QED) is 0.856. The van der Waals surface area contributed by atoms with Crippen LogP contribution < -0.4 is 5.32 Å². The molecule has 2 rings (SSSR count). The SMILES string of the molecule is CCCNC(Cc1c(C)cccc1C)C1CCCOC1. The maximum atomic E-state index is 5.70. The molecule has 1 saturated heterocycles. The maximum absolute atomic E-state index is 5.70. The molecule has 2 nitrogen and oxygen atoms in total. The van der Waals surface area contributed by atoms with Crippen LogP contribution in [0.5, 0.6) is 0 Å². The van der Waals surface area contributed by atoms with Gasteiger partial charge >= 0.3 is 0 Å². The molecular formula is C18H29NO. The van der Waals surface area contributed by atoms with Crippen molar-refractivity contribution in [2.75, 3.05) is 19.8 Å². The predicted octanol–water partition coefficient (Wildman–Crippen LogP) is 3.64. The molecule has 1 aliphatic rings. The van der Waals surface area contributed by atoms with Crippen molar-refractivity contribution in [2.24, 2.45) is 5.92 Å². The molecule has 112 valence electrons. The first kappa shape index (κ1) is 15.5. The molecule has 1 aromatic rings. The van der Waals surface area contributed by atoms with E-state index in [1.165, 1.54) is 36.0 Å². The lowest BCUT2D eigenvalue weighted by Crippen LogP contribution is -2.42. The van der Waals surface area contributed by atoms with Crippen molar-refractivity contribution in [2.45, 2.75) is 52.5 Å².